The summed E-state index contributed by atoms with van der Waals surface area (Å²) in [5.74, 6) is 0.207. The maximum atomic E-state index is 12.2. The summed E-state index contributed by atoms with van der Waals surface area (Å²) < 4.78 is 0. The van der Waals surface area contributed by atoms with Crippen LogP contribution in [-0.2, 0) is 0 Å². The SMILES string of the molecule is Cc1cccc(C)c1Nc1ccc(C(=O)Nc2ccc(C#N)cc2)nn1. The van der Waals surface area contributed by atoms with Crippen molar-refractivity contribution in [1.82, 2.24) is 10.2 Å². The van der Waals surface area contributed by atoms with Gasteiger partial charge in [0.15, 0.2) is 11.5 Å². The second-order valence-corrected chi connectivity index (χ2v) is 5.84. The van der Waals surface area contributed by atoms with Gasteiger partial charge in [-0.25, -0.2) is 0 Å². The summed E-state index contributed by atoms with van der Waals surface area (Å²) in [6.07, 6.45) is 0. The maximum Gasteiger partial charge on any atom is 0.276 e. The minimum absolute atomic E-state index is 0.210. The number of aryl methyl sites for hydroxylation is 2. The Balaban J connectivity index is 1.70. The molecule has 6 nitrogen and oxygen atoms in total. The summed E-state index contributed by atoms with van der Waals surface area (Å²) in [5, 5.41) is 22.8. The number of rotatable bonds is 4. The van der Waals surface area contributed by atoms with E-state index in [4.69, 9.17) is 5.26 Å². The van der Waals surface area contributed by atoms with Gasteiger partial charge in [0, 0.05) is 11.4 Å². The van der Waals surface area contributed by atoms with Crippen LogP contribution in [0, 0.1) is 25.2 Å². The van der Waals surface area contributed by atoms with E-state index < -0.39 is 0 Å². The third kappa shape index (κ3) is 3.84. The van der Waals surface area contributed by atoms with Gasteiger partial charge in [-0.2, -0.15) is 5.26 Å². The Bertz CT molecular complexity index is 952. The molecule has 2 N–H and O–H groups in total. The second-order valence-electron chi connectivity index (χ2n) is 5.84. The molecule has 0 unspecified atom stereocenters. The van der Waals surface area contributed by atoms with E-state index in [-0.39, 0.29) is 11.6 Å². The first-order valence-electron chi connectivity index (χ1n) is 8.05. The summed E-state index contributed by atoms with van der Waals surface area (Å²) in [7, 11) is 0. The molecular formula is C20H17N5O. The largest absolute Gasteiger partial charge is 0.338 e. The summed E-state index contributed by atoms with van der Waals surface area (Å²) in [4.78, 5) is 12.2. The fourth-order valence-corrected chi connectivity index (χ4v) is 2.48. The number of nitriles is 1. The van der Waals surface area contributed by atoms with Crippen molar-refractivity contribution in [3.8, 4) is 6.07 Å². The number of carbonyl (C=O) groups excluding carboxylic acids is 1. The molecule has 0 atom stereocenters. The zero-order valence-electron chi connectivity index (χ0n) is 14.4. The minimum atomic E-state index is -0.360. The van der Waals surface area contributed by atoms with Crippen molar-refractivity contribution >= 4 is 23.1 Å². The highest BCUT2D eigenvalue weighted by atomic mass is 16.1. The monoisotopic (exact) mass is 343 g/mol. The molecule has 0 bridgehead atoms. The van der Waals surface area contributed by atoms with Crippen molar-refractivity contribution in [2.45, 2.75) is 13.8 Å². The van der Waals surface area contributed by atoms with Gasteiger partial charge in [0.05, 0.1) is 11.6 Å². The van der Waals surface area contributed by atoms with Crippen molar-refractivity contribution < 1.29 is 4.79 Å². The molecule has 0 aliphatic carbocycles. The third-order valence-corrected chi connectivity index (χ3v) is 3.90. The summed E-state index contributed by atoms with van der Waals surface area (Å²) >= 11 is 0. The van der Waals surface area contributed by atoms with Crippen LogP contribution in [0.15, 0.2) is 54.6 Å². The van der Waals surface area contributed by atoms with Crippen LogP contribution in [-0.4, -0.2) is 16.1 Å². The molecule has 0 spiro atoms. The normalized spacial score (nSPS) is 10.0. The number of hydrogen-bond donors (Lipinski definition) is 2. The molecule has 3 rings (SSSR count). The number of hydrogen-bond acceptors (Lipinski definition) is 5. The Kier molecular flexibility index (Phi) is 4.90. The Hall–Kier alpha value is -3.72. The number of nitrogens with one attached hydrogen (secondary N) is 2. The number of anilines is 3. The lowest BCUT2D eigenvalue weighted by Crippen LogP contribution is -2.14. The molecule has 3 aromatic rings. The molecule has 0 saturated heterocycles. The van der Waals surface area contributed by atoms with Gasteiger partial charge in [-0.1, -0.05) is 18.2 Å². The molecule has 2 aromatic carbocycles. The first kappa shape index (κ1) is 17.1. The van der Waals surface area contributed by atoms with Crippen molar-refractivity contribution in [3.63, 3.8) is 0 Å². The number of carbonyl (C=O) groups is 1. The molecule has 1 heterocycles. The number of nitrogens with zero attached hydrogens (tertiary/aromatic N) is 3. The Morgan fingerprint density at radius 1 is 0.962 bits per heavy atom. The molecule has 0 fully saturated rings. The molecule has 0 saturated carbocycles. The number of amides is 1. The lowest BCUT2D eigenvalue weighted by atomic mass is 10.1. The average molecular weight is 343 g/mol. The zero-order chi connectivity index (χ0) is 18.5. The zero-order valence-corrected chi connectivity index (χ0v) is 14.4. The van der Waals surface area contributed by atoms with Crippen LogP contribution >= 0.6 is 0 Å². The molecule has 1 amide bonds. The van der Waals surface area contributed by atoms with Gasteiger partial charge < -0.3 is 10.6 Å². The molecule has 1 aromatic heterocycles. The molecule has 0 radical (unpaired) electrons. The van der Waals surface area contributed by atoms with Gasteiger partial charge in [0.1, 0.15) is 0 Å². The summed E-state index contributed by atoms with van der Waals surface area (Å²) in [5.41, 5.74) is 4.53. The highest BCUT2D eigenvalue weighted by Gasteiger charge is 2.10. The molecular weight excluding hydrogens is 326 g/mol. The number of para-hydroxylation sites is 1. The molecule has 26 heavy (non-hydrogen) atoms. The standard InChI is InChI=1S/C20H17N5O/c1-13-4-3-5-14(2)19(13)23-18-11-10-17(24-25-18)20(26)22-16-8-6-15(12-21)7-9-16/h3-11H,1-2H3,(H,22,26)(H,23,25). The van der Waals surface area contributed by atoms with Crippen LogP contribution in [0.1, 0.15) is 27.2 Å². The third-order valence-electron chi connectivity index (χ3n) is 3.90. The first-order chi connectivity index (χ1) is 12.6. The lowest BCUT2D eigenvalue weighted by Gasteiger charge is -2.11. The predicted octanol–water partition coefficient (Wildman–Crippen LogP) is 3.96. The lowest BCUT2D eigenvalue weighted by molar-refractivity contribution is 0.102. The fourth-order valence-electron chi connectivity index (χ4n) is 2.48. The number of benzene rings is 2. The van der Waals surface area contributed by atoms with Crippen LogP contribution < -0.4 is 10.6 Å². The van der Waals surface area contributed by atoms with E-state index in [0.29, 0.717) is 17.1 Å². The highest BCUT2D eigenvalue weighted by Crippen LogP contribution is 2.23. The fraction of sp³-hybridized carbons (Fsp3) is 0.100. The van der Waals surface area contributed by atoms with Gasteiger partial charge in [-0.05, 0) is 61.4 Å². The van der Waals surface area contributed by atoms with E-state index in [9.17, 15) is 4.79 Å². The van der Waals surface area contributed by atoms with Gasteiger partial charge in [-0.15, -0.1) is 10.2 Å². The molecule has 0 aliphatic rings. The van der Waals surface area contributed by atoms with Crippen molar-refractivity contribution in [2.24, 2.45) is 0 Å². The van der Waals surface area contributed by atoms with Gasteiger partial charge >= 0.3 is 0 Å². The average Bonchev–Trinajstić information content (AvgIpc) is 2.66. The first-order valence-corrected chi connectivity index (χ1v) is 8.05. The van der Waals surface area contributed by atoms with Gasteiger partial charge in [0.2, 0.25) is 0 Å². The summed E-state index contributed by atoms with van der Waals surface area (Å²) in [6, 6.07) is 18.0. The molecule has 0 aliphatic heterocycles. The Morgan fingerprint density at radius 3 is 2.23 bits per heavy atom. The van der Waals surface area contributed by atoms with Crippen molar-refractivity contribution in [1.29, 1.82) is 5.26 Å². The summed E-state index contributed by atoms with van der Waals surface area (Å²) in [6.45, 7) is 4.03. The van der Waals surface area contributed by atoms with Gasteiger partial charge in [-0.3, -0.25) is 4.79 Å². The Morgan fingerprint density at radius 2 is 1.65 bits per heavy atom. The van der Waals surface area contributed by atoms with Gasteiger partial charge in [0.25, 0.3) is 5.91 Å². The quantitative estimate of drug-likeness (QED) is 0.748. The van der Waals surface area contributed by atoms with Crippen molar-refractivity contribution in [3.05, 3.63) is 77.0 Å². The molecule has 128 valence electrons. The second kappa shape index (κ2) is 7.45. The topological polar surface area (TPSA) is 90.7 Å². The van der Waals surface area contributed by atoms with Crippen LogP contribution in [0.25, 0.3) is 0 Å². The van der Waals surface area contributed by atoms with Crippen LogP contribution in [0.2, 0.25) is 0 Å². The van der Waals surface area contributed by atoms with E-state index >= 15 is 0 Å². The Labute approximate surface area is 151 Å². The van der Waals surface area contributed by atoms with Crippen molar-refractivity contribution in [2.75, 3.05) is 10.6 Å². The number of aromatic nitrogens is 2. The van der Waals surface area contributed by atoms with E-state index in [2.05, 4.69) is 20.8 Å². The minimum Gasteiger partial charge on any atom is -0.338 e. The van der Waals surface area contributed by atoms with E-state index in [1.54, 1.807) is 36.4 Å². The van der Waals surface area contributed by atoms with E-state index in [1.807, 2.05) is 38.1 Å². The smallest absolute Gasteiger partial charge is 0.276 e. The maximum absolute atomic E-state index is 12.2. The van der Waals surface area contributed by atoms with E-state index in [0.717, 1.165) is 16.8 Å². The van der Waals surface area contributed by atoms with E-state index in [1.165, 1.54) is 0 Å². The van der Waals surface area contributed by atoms with Crippen LogP contribution in [0.3, 0.4) is 0 Å². The molecule has 6 heteroatoms. The predicted molar refractivity (Wildman–Crippen MR) is 100 cm³/mol. The van der Waals surface area contributed by atoms with Crippen LogP contribution in [0.4, 0.5) is 17.2 Å². The highest BCUT2D eigenvalue weighted by molar-refractivity contribution is 6.02. The van der Waals surface area contributed by atoms with Crippen LogP contribution in [0.5, 0.6) is 0 Å².